The molecule has 2 rings (SSSR count). The predicted molar refractivity (Wildman–Crippen MR) is 121 cm³/mol. The monoisotopic (exact) mass is 509 g/mol. The van der Waals surface area contributed by atoms with E-state index in [1.165, 1.54) is 38.4 Å². The van der Waals surface area contributed by atoms with Crippen molar-refractivity contribution >= 4 is 39.8 Å². The number of nitrogens with one attached hydrogen (secondary N) is 2. The fraction of sp³-hybridized carbons (Fsp3) is 0.632. The highest BCUT2D eigenvalue weighted by Gasteiger charge is 2.13. The van der Waals surface area contributed by atoms with E-state index in [4.69, 9.17) is 4.74 Å². The molecule has 1 aromatic rings. The summed E-state index contributed by atoms with van der Waals surface area (Å²) in [5, 5.41) is 6.51. The first-order valence-corrected chi connectivity index (χ1v) is 11.2. The Morgan fingerprint density at radius 1 is 1.15 bits per heavy atom. The van der Waals surface area contributed by atoms with Gasteiger partial charge in [-0.25, -0.2) is 8.42 Å². The van der Waals surface area contributed by atoms with E-state index in [1.54, 1.807) is 19.2 Å². The predicted octanol–water partition coefficient (Wildman–Crippen LogP) is 3.11. The van der Waals surface area contributed by atoms with E-state index in [1.807, 2.05) is 12.1 Å². The highest BCUT2D eigenvalue weighted by Crippen LogP contribution is 2.20. The molecule has 0 heterocycles. The van der Waals surface area contributed by atoms with Crippen molar-refractivity contribution in [1.82, 2.24) is 10.6 Å². The smallest absolute Gasteiger partial charge is 0.191 e. The maximum absolute atomic E-state index is 11.5. The highest BCUT2D eigenvalue weighted by atomic mass is 127. The van der Waals surface area contributed by atoms with E-state index in [0.717, 1.165) is 31.1 Å². The minimum Gasteiger partial charge on any atom is -0.378 e. The van der Waals surface area contributed by atoms with Crippen LogP contribution < -0.4 is 10.6 Å². The second-order valence-electron chi connectivity index (χ2n) is 6.75. The number of hydrogen-bond donors (Lipinski definition) is 2. The molecule has 0 saturated heterocycles. The van der Waals surface area contributed by atoms with Crippen LogP contribution in [-0.2, 0) is 21.1 Å². The number of sulfone groups is 1. The summed E-state index contributed by atoms with van der Waals surface area (Å²) < 4.78 is 28.9. The van der Waals surface area contributed by atoms with Crippen LogP contribution in [0.3, 0.4) is 0 Å². The fourth-order valence-corrected chi connectivity index (χ4v) is 3.65. The first kappa shape index (κ1) is 24.2. The molecule has 1 aromatic carbocycles. The van der Waals surface area contributed by atoms with E-state index < -0.39 is 9.84 Å². The largest absolute Gasteiger partial charge is 0.378 e. The molecule has 0 radical (unpaired) electrons. The highest BCUT2D eigenvalue weighted by molar-refractivity contribution is 14.0. The maximum atomic E-state index is 11.5. The van der Waals surface area contributed by atoms with Gasteiger partial charge < -0.3 is 15.4 Å². The van der Waals surface area contributed by atoms with Crippen LogP contribution in [0, 0.1) is 0 Å². The molecule has 0 bridgehead atoms. The number of benzene rings is 1. The molecule has 27 heavy (non-hydrogen) atoms. The van der Waals surface area contributed by atoms with Gasteiger partial charge in [0.05, 0.1) is 11.0 Å². The maximum Gasteiger partial charge on any atom is 0.191 e. The van der Waals surface area contributed by atoms with E-state index in [-0.39, 0.29) is 24.0 Å². The SMILES string of the molecule is CN=C(NCCCOC1CCCCC1)NCc1ccc(S(C)(=O)=O)cc1.I. The number of aliphatic imine (C=N–C) groups is 1. The fourth-order valence-electron chi connectivity index (χ4n) is 3.02. The molecule has 1 fully saturated rings. The van der Waals surface area contributed by atoms with Crippen LogP contribution in [0.5, 0.6) is 0 Å². The van der Waals surface area contributed by atoms with E-state index in [0.29, 0.717) is 17.5 Å². The molecule has 0 unspecified atom stereocenters. The second-order valence-corrected chi connectivity index (χ2v) is 8.77. The van der Waals surface area contributed by atoms with Gasteiger partial charge in [-0.15, -0.1) is 24.0 Å². The Morgan fingerprint density at radius 3 is 2.41 bits per heavy atom. The van der Waals surface area contributed by atoms with Gasteiger partial charge in [-0.05, 0) is 37.0 Å². The van der Waals surface area contributed by atoms with E-state index in [2.05, 4.69) is 15.6 Å². The van der Waals surface area contributed by atoms with Crippen LogP contribution in [0.4, 0.5) is 0 Å². The summed E-state index contributed by atoms with van der Waals surface area (Å²) in [6.07, 6.45) is 8.96. The molecule has 6 nitrogen and oxygen atoms in total. The van der Waals surface area contributed by atoms with Crippen molar-refractivity contribution in [2.75, 3.05) is 26.5 Å². The molecular formula is C19H32IN3O3S. The molecule has 2 N–H and O–H groups in total. The van der Waals surface area contributed by atoms with Gasteiger partial charge in [0.15, 0.2) is 15.8 Å². The summed E-state index contributed by atoms with van der Waals surface area (Å²) in [4.78, 5) is 4.54. The topological polar surface area (TPSA) is 79.8 Å². The molecule has 8 heteroatoms. The summed E-state index contributed by atoms with van der Waals surface area (Å²) >= 11 is 0. The summed E-state index contributed by atoms with van der Waals surface area (Å²) in [7, 11) is -1.41. The van der Waals surface area contributed by atoms with Gasteiger partial charge in [-0.1, -0.05) is 31.4 Å². The Hall–Kier alpha value is -0.870. The van der Waals surface area contributed by atoms with Crippen LogP contribution >= 0.6 is 24.0 Å². The average Bonchev–Trinajstić information content (AvgIpc) is 2.64. The molecule has 1 aliphatic carbocycles. The van der Waals surface area contributed by atoms with Gasteiger partial charge in [-0.2, -0.15) is 0 Å². The standard InChI is InChI=1S/C19H31N3O3S.HI/c1-20-19(21-13-6-14-25-17-7-4-3-5-8-17)22-15-16-9-11-18(12-10-16)26(2,23)24;/h9-12,17H,3-8,13-15H2,1-2H3,(H2,20,21,22);1H. The Kier molecular flexibility index (Phi) is 11.2. The molecule has 0 aromatic heterocycles. The lowest BCUT2D eigenvalue weighted by molar-refractivity contribution is 0.0277. The zero-order chi connectivity index (χ0) is 18.8. The third-order valence-electron chi connectivity index (χ3n) is 4.55. The van der Waals surface area contributed by atoms with Gasteiger partial charge in [0, 0.05) is 33.0 Å². The average molecular weight is 509 g/mol. The Labute approximate surface area is 180 Å². The van der Waals surface area contributed by atoms with Crippen LogP contribution in [0.15, 0.2) is 34.2 Å². The van der Waals surface area contributed by atoms with Crippen molar-refractivity contribution in [3.63, 3.8) is 0 Å². The number of halogens is 1. The van der Waals surface area contributed by atoms with Crippen molar-refractivity contribution in [3.05, 3.63) is 29.8 Å². The van der Waals surface area contributed by atoms with Crippen molar-refractivity contribution in [2.24, 2.45) is 4.99 Å². The lowest BCUT2D eigenvalue weighted by Crippen LogP contribution is -2.37. The van der Waals surface area contributed by atoms with Crippen LogP contribution in [0.2, 0.25) is 0 Å². The van der Waals surface area contributed by atoms with Gasteiger partial charge in [0.1, 0.15) is 0 Å². The molecule has 0 amide bonds. The molecule has 1 saturated carbocycles. The minimum atomic E-state index is -3.15. The number of ether oxygens (including phenoxy) is 1. The third kappa shape index (κ3) is 9.25. The summed E-state index contributed by atoms with van der Waals surface area (Å²) in [5.41, 5.74) is 1.00. The van der Waals surface area contributed by atoms with Gasteiger partial charge in [0.2, 0.25) is 0 Å². The molecule has 0 spiro atoms. The second kappa shape index (κ2) is 12.6. The zero-order valence-corrected chi connectivity index (χ0v) is 19.4. The van der Waals surface area contributed by atoms with E-state index >= 15 is 0 Å². The van der Waals surface area contributed by atoms with Crippen molar-refractivity contribution in [3.8, 4) is 0 Å². The first-order valence-electron chi connectivity index (χ1n) is 9.34. The molecule has 0 aliphatic heterocycles. The zero-order valence-electron chi connectivity index (χ0n) is 16.2. The Bertz CT molecular complexity index is 672. The van der Waals surface area contributed by atoms with E-state index in [9.17, 15) is 8.42 Å². The first-order chi connectivity index (χ1) is 12.5. The lowest BCUT2D eigenvalue weighted by atomic mass is 9.98. The van der Waals surface area contributed by atoms with Gasteiger partial charge >= 0.3 is 0 Å². The quantitative estimate of drug-likeness (QED) is 0.244. The third-order valence-corrected chi connectivity index (χ3v) is 5.68. The number of rotatable bonds is 8. The molecular weight excluding hydrogens is 477 g/mol. The Balaban J connectivity index is 0.00000364. The van der Waals surface area contributed by atoms with Gasteiger partial charge in [0.25, 0.3) is 0 Å². The normalized spacial score (nSPS) is 15.9. The van der Waals surface area contributed by atoms with Crippen molar-refractivity contribution in [2.45, 2.75) is 56.1 Å². The molecule has 0 atom stereocenters. The lowest BCUT2D eigenvalue weighted by Gasteiger charge is -2.22. The summed E-state index contributed by atoms with van der Waals surface area (Å²) in [6, 6.07) is 6.89. The van der Waals surface area contributed by atoms with Crippen LogP contribution in [0.25, 0.3) is 0 Å². The number of guanidine groups is 1. The van der Waals surface area contributed by atoms with Crippen molar-refractivity contribution < 1.29 is 13.2 Å². The van der Waals surface area contributed by atoms with Gasteiger partial charge in [-0.3, -0.25) is 4.99 Å². The minimum absolute atomic E-state index is 0. The summed E-state index contributed by atoms with van der Waals surface area (Å²) in [6.45, 7) is 2.17. The number of hydrogen-bond acceptors (Lipinski definition) is 4. The van der Waals surface area contributed by atoms with Crippen LogP contribution in [0.1, 0.15) is 44.1 Å². The van der Waals surface area contributed by atoms with Crippen LogP contribution in [-0.4, -0.2) is 46.9 Å². The Morgan fingerprint density at radius 2 is 1.81 bits per heavy atom. The van der Waals surface area contributed by atoms with Crippen molar-refractivity contribution in [1.29, 1.82) is 0 Å². The summed E-state index contributed by atoms with van der Waals surface area (Å²) in [5.74, 6) is 0.731. The molecule has 1 aliphatic rings. The molecule has 154 valence electrons. The number of nitrogens with zero attached hydrogens (tertiary/aromatic N) is 1.